The van der Waals surface area contributed by atoms with Crippen LogP contribution in [0, 0.1) is 20.8 Å². The fraction of sp³-hybridized carbons (Fsp3) is 0.481. The molecule has 0 aromatic heterocycles. The summed E-state index contributed by atoms with van der Waals surface area (Å²) in [4.78, 5) is 28.5. The van der Waals surface area contributed by atoms with E-state index in [1.807, 2.05) is 20.8 Å². The smallest absolute Gasteiger partial charge is 0.243 e. The fourth-order valence-electron chi connectivity index (χ4n) is 4.43. The minimum atomic E-state index is -0.459. The quantitative estimate of drug-likeness (QED) is 0.652. The zero-order valence-electron chi connectivity index (χ0n) is 19.4. The molecule has 2 aromatic carbocycles. The van der Waals surface area contributed by atoms with Crippen molar-refractivity contribution in [3.8, 4) is 0 Å². The van der Waals surface area contributed by atoms with Crippen LogP contribution in [0.1, 0.15) is 66.8 Å². The number of nitrogens with zero attached hydrogens (tertiary/aromatic N) is 1. The number of aryl methyl sites for hydroxylation is 3. The highest BCUT2D eigenvalue weighted by Crippen LogP contribution is 2.20. The molecule has 1 fully saturated rings. The zero-order chi connectivity index (χ0) is 22.4. The monoisotopic (exact) mass is 420 g/mol. The highest BCUT2D eigenvalue weighted by molar-refractivity contribution is 5.88. The lowest BCUT2D eigenvalue weighted by atomic mass is 10.0. The lowest BCUT2D eigenvalue weighted by Crippen LogP contribution is -2.51. The molecule has 1 atom stereocenters. The fourth-order valence-corrected chi connectivity index (χ4v) is 4.43. The van der Waals surface area contributed by atoms with Crippen molar-refractivity contribution in [2.45, 2.75) is 84.8 Å². The Morgan fingerprint density at radius 3 is 2.29 bits per heavy atom. The lowest BCUT2D eigenvalue weighted by Gasteiger charge is -2.32. The molecule has 1 aliphatic rings. The molecule has 3 rings (SSSR count). The van der Waals surface area contributed by atoms with Crippen LogP contribution in [0.2, 0.25) is 0 Å². The summed E-state index contributed by atoms with van der Waals surface area (Å²) in [6, 6.07) is 14.2. The summed E-state index contributed by atoms with van der Waals surface area (Å²) < 4.78 is 0. The van der Waals surface area contributed by atoms with Gasteiger partial charge >= 0.3 is 0 Å². The minimum Gasteiger partial charge on any atom is -0.352 e. The van der Waals surface area contributed by atoms with E-state index in [-0.39, 0.29) is 17.9 Å². The van der Waals surface area contributed by atoms with Crippen LogP contribution >= 0.6 is 0 Å². The predicted octanol–water partition coefficient (Wildman–Crippen LogP) is 5.02. The summed E-state index contributed by atoms with van der Waals surface area (Å²) >= 11 is 0. The van der Waals surface area contributed by atoms with Crippen LogP contribution in [-0.2, 0) is 22.6 Å². The molecule has 1 saturated carbocycles. The molecule has 1 unspecified atom stereocenters. The summed E-state index contributed by atoms with van der Waals surface area (Å²) in [6.07, 6.45) is 5.32. The van der Waals surface area contributed by atoms with Crippen molar-refractivity contribution in [2.75, 3.05) is 0 Å². The molecule has 0 aliphatic heterocycles. The number of rotatable bonds is 8. The van der Waals surface area contributed by atoms with Crippen molar-refractivity contribution in [3.63, 3.8) is 0 Å². The average Bonchev–Trinajstić information content (AvgIpc) is 3.25. The SMILES string of the molecule is CCC(C(=O)NC1CCCC1)N(Cc1ccc(C)cc1)C(=O)Cc1cc(C)ccc1C. The van der Waals surface area contributed by atoms with E-state index in [1.54, 1.807) is 4.90 Å². The molecule has 1 aliphatic carbocycles. The maximum atomic E-state index is 13.5. The Hall–Kier alpha value is -2.62. The molecular weight excluding hydrogens is 384 g/mol. The number of carbonyl (C=O) groups excluding carboxylic acids is 2. The van der Waals surface area contributed by atoms with E-state index in [1.165, 1.54) is 18.4 Å². The molecule has 2 aromatic rings. The third-order valence-electron chi connectivity index (χ3n) is 6.41. The van der Waals surface area contributed by atoms with Gasteiger partial charge in [-0.15, -0.1) is 0 Å². The Morgan fingerprint density at radius 2 is 1.65 bits per heavy atom. The Morgan fingerprint density at radius 1 is 1.00 bits per heavy atom. The van der Waals surface area contributed by atoms with Crippen LogP contribution in [0.5, 0.6) is 0 Å². The number of hydrogen-bond donors (Lipinski definition) is 1. The molecule has 4 nitrogen and oxygen atoms in total. The summed E-state index contributed by atoms with van der Waals surface area (Å²) in [7, 11) is 0. The number of benzene rings is 2. The molecule has 0 heterocycles. The average molecular weight is 421 g/mol. The van der Waals surface area contributed by atoms with E-state index < -0.39 is 6.04 Å². The highest BCUT2D eigenvalue weighted by atomic mass is 16.2. The van der Waals surface area contributed by atoms with Crippen molar-refractivity contribution >= 4 is 11.8 Å². The van der Waals surface area contributed by atoms with Crippen molar-refractivity contribution in [2.24, 2.45) is 0 Å². The topological polar surface area (TPSA) is 49.4 Å². The van der Waals surface area contributed by atoms with Crippen LogP contribution in [0.3, 0.4) is 0 Å². The van der Waals surface area contributed by atoms with Crippen molar-refractivity contribution < 1.29 is 9.59 Å². The normalized spacial score (nSPS) is 15.0. The van der Waals surface area contributed by atoms with Gasteiger partial charge in [-0.1, -0.05) is 73.4 Å². The Labute approximate surface area is 187 Å². The van der Waals surface area contributed by atoms with Gasteiger partial charge in [-0.3, -0.25) is 9.59 Å². The van der Waals surface area contributed by atoms with Gasteiger partial charge in [-0.25, -0.2) is 0 Å². The molecule has 1 N–H and O–H groups in total. The van der Waals surface area contributed by atoms with Crippen molar-refractivity contribution in [1.82, 2.24) is 10.2 Å². The first-order valence-corrected chi connectivity index (χ1v) is 11.6. The van der Waals surface area contributed by atoms with Crippen LogP contribution in [-0.4, -0.2) is 28.8 Å². The van der Waals surface area contributed by atoms with E-state index in [4.69, 9.17) is 0 Å². The maximum Gasteiger partial charge on any atom is 0.243 e. The molecule has 0 saturated heterocycles. The molecule has 2 amide bonds. The summed E-state index contributed by atoms with van der Waals surface area (Å²) in [5.74, 6) is -0.0153. The first-order valence-electron chi connectivity index (χ1n) is 11.6. The Balaban J connectivity index is 1.84. The van der Waals surface area contributed by atoms with Crippen LogP contribution < -0.4 is 5.32 Å². The van der Waals surface area contributed by atoms with Gasteiger partial charge in [-0.05, 0) is 56.7 Å². The molecule has 0 radical (unpaired) electrons. The van der Waals surface area contributed by atoms with Crippen molar-refractivity contribution in [3.05, 3.63) is 70.3 Å². The molecule has 4 heteroatoms. The molecule has 31 heavy (non-hydrogen) atoms. The first-order chi connectivity index (χ1) is 14.9. The van der Waals surface area contributed by atoms with E-state index in [9.17, 15) is 9.59 Å². The van der Waals surface area contributed by atoms with Crippen molar-refractivity contribution in [1.29, 1.82) is 0 Å². The van der Waals surface area contributed by atoms with Gasteiger partial charge in [0.1, 0.15) is 6.04 Å². The Bertz CT molecular complexity index is 898. The third-order valence-corrected chi connectivity index (χ3v) is 6.41. The zero-order valence-corrected chi connectivity index (χ0v) is 19.4. The molecular formula is C27H36N2O2. The van der Waals surface area contributed by atoms with E-state index in [0.29, 0.717) is 19.4 Å². The van der Waals surface area contributed by atoms with Crippen LogP contribution in [0.15, 0.2) is 42.5 Å². The Kier molecular flexibility index (Phi) is 7.89. The number of nitrogens with one attached hydrogen (secondary N) is 1. The van der Waals surface area contributed by atoms with Gasteiger partial charge in [0.2, 0.25) is 11.8 Å². The summed E-state index contributed by atoms with van der Waals surface area (Å²) in [5.41, 5.74) is 5.52. The second-order valence-electron chi connectivity index (χ2n) is 9.03. The molecule has 166 valence electrons. The number of hydrogen-bond acceptors (Lipinski definition) is 2. The number of carbonyl (C=O) groups is 2. The minimum absolute atomic E-state index is 0.00250. The maximum absolute atomic E-state index is 13.5. The summed E-state index contributed by atoms with van der Waals surface area (Å²) in [6.45, 7) is 8.57. The van der Waals surface area contributed by atoms with Gasteiger partial charge in [0.05, 0.1) is 6.42 Å². The van der Waals surface area contributed by atoms with Gasteiger partial charge in [0.15, 0.2) is 0 Å². The highest BCUT2D eigenvalue weighted by Gasteiger charge is 2.30. The van der Waals surface area contributed by atoms with Gasteiger partial charge in [-0.2, -0.15) is 0 Å². The molecule has 0 bridgehead atoms. The lowest BCUT2D eigenvalue weighted by molar-refractivity contribution is -0.141. The van der Waals surface area contributed by atoms with E-state index in [0.717, 1.165) is 35.1 Å². The predicted molar refractivity (Wildman–Crippen MR) is 126 cm³/mol. The van der Waals surface area contributed by atoms with Gasteiger partial charge in [0, 0.05) is 12.6 Å². The van der Waals surface area contributed by atoms with Crippen LogP contribution in [0.25, 0.3) is 0 Å². The second-order valence-corrected chi connectivity index (χ2v) is 9.03. The third kappa shape index (κ3) is 6.19. The standard InChI is InChI=1S/C27H36N2O2/c1-5-25(27(31)28-24-8-6-7-9-24)29(18-22-14-11-19(2)12-15-22)26(30)17-23-16-20(3)10-13-21(23)4/h10-16,24-25H,5-9,17-18H2,1-4H3,(H,28,31). The largest absolute Gasteiger partial charge is 0.352 e. The van der Waals surface area contributed by atoms with Crippen LogP contribution in [0.4, 0.5) is 0 Å². The van der Waals surface area contributed by atoms with Gasteiger partial charge in [0.25, 0.3) is 0 Å². The van der Waals surface area contributed by atoms with Gasteiger partial charge < -0.3 is 10.2 Å². The number of amides is 2. The van der Waals surface area contributed by atoms with E-state index in [2.05, 4.69) is 54.7 Å². The second kappa shape index (κ2) is 10.6. The van der Waals surface area contributed by atoms with E-state index >= 15 is 0 Å². The molecule has 0 spiro atoms. The summed E-state index contributed by atoms with van der Waals surface area (Å²) in [5, 5.41) is 3.21. The first kappa shape index (κ1) is 23.1.